The van der Waals surface area contributed by atoms with Crippen LogP contribution in [0.15, 0.2) is 23.5 Å². The molecule has 0 bridgehead atoms. The van der Waals surface area contributed by atoms with Crippen molar-refractivity contribution in [2.24, 2.45) is 5.92 Å². The van der Waals surface area contributed by atoms with Gasteiger partial charge in [-0.3, -0.25) is 9.59 Å². The molecular formula is C23H30N2O6. The fraction of sp³-hybridized carbons (Fsp3) is 0.565. The van der Waals surface area contributed by atoms with Crippen LogP contribution in [0, 0.1) is 5.92 Å². The molecule has 1 unspecified atom stereocenters. The van der Waals surface area contributed by atoms with E-state index in [1.54, 1.807) is 17.0 Å². The number of hydrogen-bond acceptors (Lipinski definition) is 7. The highest BCUT2D eigenvalue weighted by Crippen LogP contribution is 2.47. The number of methoxy groups -OCH3 is 3. The Bertz CT molecular complexity index is 876. The largest absolute Gasteiger partial charge is 0.503 e. The molecule has 168 valence electrons. The summed E-state index contributed by atoms with van der Waals surface area (Å²) in [4.78, 5) is 30.0. The summed E-state index contributed by atoms with van der Waals surface area (Å²) in [7, 11) is 4.57. The average Bonchev–Trinajstić information content (AvgIpc) is 3.45. The summed E-state index contributed by atoms with van der Waals surface area (Å²) in [6, 6.07) is 2.82. The number of ketones is 1. The van der Waals surface area contributed by atoms with Crippen LogP contribution in [0.2, 0.25) is 0 Å². The second-order valence-electron chi connectivity index (χ2n) is 8.31. The van der Waals surface area contributed by atoms with Gasteiger partial charge in [0.15, 0.2) is 23.0 Å². The van der Waals surface area contributed by atoms with Gasteiger partial charge in [-0.15, -0.1) is 0 Å². The quantitative estimate of drug-likeness (QED) is 0.644. The zero-order valence-corrected chi connectivity index (χ0v) is 18.3. The number of Topliss-reactive ketones (excluding diaryl/α,β-unsaturated/α-hetero) is 1. The van der Waals surface area contributed by atoms with Crippen LogP contribution in [0.3, 0.4) is 0 Å². The van der Waals surface area contributed by atoms with E-state index in [-0.39, 0.29) is 17.3 Å². The minimum atomic E-state index is -0.683. The van der Waals surface area contributed by atoms with Gasteiger partial charge in [0, 0.05) is 19.0 Å². The molecule has 31 heavy (non-hydrogen) atoms. The number of aliphatic hydroxyl groups excluding tert-OH is 1. The first kappa shape index (κ1) is 21.5. The van der Waals surface area contributed by atoms with E-state index in [4.69, 9.17) is 14.2 Å². The van der Waals surface area contributed by atoms with Gasteiger partial charge in [-0.05, 0) is 56.5 Å². The molecule has 1 amide bonds. The molecule has 2 heterocycles. The number of amides is 1. The third-order valence-corrected chi connectivity index (χ3v) is 6.38. The number of aliphatic hydroxyl groups is 1. The molecular weight excluding hydrogens is 400 g/mol. The zero-order chi connectivity index (χ0) is 22.1. The van der Waals surface area contributed by atoms with Gasteiger partial charge in [0.2, 0.25) is 5.75 Å². The van der Waals surface area contributed by atoms with Crippen molar-refractivity contribution in [1.82, 2.24) is 9.80 Å². The molecule has 0 aromatic heterocycles. The SMILES string of the molecule is COc1cc(C2C(C(=O)C3CC3)=C(O)C(=O)N2CCN2CCCC2)cc(OC)c1OC. The van der Waals surface area contributed by atoms with Gasteiger partial charge in [-0.1, -0.05) is 0 Å². The third kappa shape index (κ3) is 3.96. The summed E-state index contributed by atoms with van der Waals surface area (Å²) in [6.45, 7) is 3.13. The molecule has 1 aromatic carbocycles. The van der Waals surface area contributed by atoms with Crippen LogP contribution in [-0.2, 0) is 9.59 Å². The van der Waals surface area contributed by atoms with Crippen LogP contribution in [-0.4, -0.2) is 74.1 Å². The van der Waals surface area contributed by atoms with Crippen molar-refractivity contribution >= 4 is 11.7 Å². The molecule has 1 saturated carbocycles. The van der Waals surface area contributed by atoms with Crippen molar-refractivity contribution in [3.8, 4) is 17.2 Å². The molecule has 3 aliphatic rings. The van der Waals surface area contributed by atoms with Crippen molar-refractivity contribution in [2.75, 3.05) is 47.5 Å². The van der Waals surface area contributed by atoms with E-state index in [1.165, 1.54) is 21.3 Å². The predicted molar refractivity (Wildman–Crippen MR) is 114 cm³/mol. The summed E-state index contributed by atoms with van der Waals surface area (Å²) >= 11 is 0. The van der Waals surface area contributed by atoms with E-state index in [0.29, 0.717) is 35.9 Å². The first-order chi connectivity index (χ1) is 15.0. The molecule has 8 heteroatoms. The monoisotopic (exact) mass is 430 g/mol. The maximum Gasteiger partial charge on any atom is 0.290 e. The van der Waals surface area contributed by atoms with Crippen molar-refractivity contribution in [1.29, 1.82) is 0 Å². The lowest BCUT2D eigenvalue weighted by Crippen LogP contribution is -2.38. The topological polar surface area (TPSA) is 88.5 Å². The number of likely N-dealkylation sites (tertiary alicyclic amines) is 1. The number of ether oxygens (including phenoxy) is 3. The highest BCUT2D eigenvalue weighted by molar-refractivity contribution is 6.10. The highest BCUT2D eigenvalue weighted by Gasteiger charge is 2.47. The number of nitrogens with zero attached hydrogens (tertiary/aromatic N) is 2. The lowest BCUT2D eigenvalue weighted by Gasteiger charge is -2.29. The van der Waals surface area contributed by atoms with Crippen molar-refractivity contribution in [2.45, 2.75) is 31.7 Å². The van der Waals surface area contributed by atoms with Crippen LogP contribution < -0.4 is 14.2 Å². The van der Waals surface area contributed by atoms with Gasteiger partial charge >= 0.3 is 0 Å². The van der Waals surface area contributed by atoms with Gasteiger partial charge in [0.05, 0.1) is 32.9 Å². The predicted octanol–water partition coefficient (Wildman–Crippen LogP) is 2.48. The highest BCUT2D eigenvalue weighted by atomic mass is 16.5. The van der Waals surface area contributed by atoms with Crippen molar-refractivity contribution in [3.63, 3.8) is 0 Å². The summed E-state index contributed by atoms with van der Waals surface area (Å²) in [5.41, 5.74) is 0.834. The standard InChI is InChI=1S/C23H30N2O6/c1-29-16-12-15(13-17(30-2)22(16)31-3)19-18(20(26)14-6-7-14)21(27)23(28)25(19)11-10-24-8-4-5-9-24/h12-14,19,27H,4-11H2,1-3H3. The van der Waals surface area contributed by atoms with Crippen molar-refractivity contribution < 1.29 is 28.9 Å². The molecule has 2 fully saturated rings. The van der Waals surface area contributed by atoms with Gasteiger partial charge in [0.25, 0.3) is 5.91 Å². The van der Waals surface area contributed by atoms with Crippen LogP contribution >= 0.6 is 0 Å². The maximum atomic E-state index is 13.1. The Kier molecular flexibility index (Phi) is 6.09. The van der Waals surface area contributed by atoms with Gasteiger partial charge in [-0.2, -0.15) is 0 Å². The Morgan fingerprint density at radius 3 is 2.16 bits per heavy atom. The first-order valence-electron chi connectivity index (χ1n) is 10.8. The van der Waals surface area contributed by atoms with E-state index in [2.05, 4.69) is 4.90 Å². The molecule has 8 nitrogen and oxygen atoms in total. The smallest absolute Gasteiger partial charge is 0.290 e. The normalized spacial score (nSPS) is 21.7. The minimum absolute atomic E-state index is 0.118. The maximum absolute atomic E-state index is 13.1. The van der Waals surface area contributed by atoms with Crippen LogP contribution in [0.25, 0.3) is 0 Å². The summed E-state index contributed by atoms with van der Waals surface area (Å²) in [6.07, 6.45) is 3.89. The number of hydrogen-bond donors (Lipinski definition) is 1. The van der Waals surface area contributed by atoms with E-state index >= 15 is 0 Å². The second-order valence-corrected chi connectivity index (χ2v) is 8.31. The third-order valence-electron chi connectivity index (χ3n) is 6.38. The Balaban J connectivity index is 1.74. The Hall–Kier alpha value is -2.74. The number of benzene rings is 1. The Morgan fingerprint density at radius 1 is 1.03 bits per heavy atom. The molecule has 1 aromatic rings. The molecule has 1 aliphatic carbocycles. The number of carbonyl (C=O) groups is 2. The van der Waals surface area contributed by atoms with Crippen LogP contribution in [0.4, 0.5) is 0 Å². The fourth-order valence-electron chi connectivity index (χ4n) is 4.56. The van der Waals surface area contributed by atoms with E-state index in [9.17, 15) is 14.7 Å². The van der Waals surface area contributed by atoms with Crippen LogP contribution in [0.5, 0.6) is 17.2 Å². The summed E-state index contributed by atoms with van der Waals surface area (Å²) in [5.74, 6) is 0.118. The molecule has 0 radical (unpaired) electrons. The van der Waals surface area contributed by atoms with Crippen LogP contribution in [0.1, 0.15) is 37.3 Å². The summed E-state index contributed by atoms with van der Waals surface area (Å²) in [5, 5.41) is 10.7. The van der Waals surface area contributed by atoms with Gasteiger partial charge < -0.3 is 29.1 Å². The lowest BCUT2D eigenvalue weighted by atomic mass is 9.93. The van der Waals surface area contributed by atoms with E-state index in [1.807, 2.05) is 0 Å². The molecule has 1 atom stereocenters. The second kappa shape index (κ2) is 8.78. The molecule has 1 saturated heterocycles. The molecule has 0 spiro atoms. The van der Waals surface area contributed by atoms with Gasteiger partial charge in [0.1, 0.15) is 0 Å². The van der Waals surface area contributed by atoms with E-state index in [0.717, 1.165) is 38.8 Å². The van der Waals surface area contributed by atoms with E-state index < -0.39 is 17.7 Å². The molecule has 2 aliphatic heterocycles. The Labute approximate surface area is 182 Å². The molecule has 1 N–H and O–H groups in total. The first-order valence-corrected chi connectivity index (χ1v) is 10.8. The molecule has 4 rings (SSSR count). The summed E-state index contributed by atoms with van der Waals surface area (Å²) < 4.78 is 16.4. The van der Waals surface area contributed by atoms with Crippen molar-refractivity contribution in [3.05, 3.63) is 29.0 Å². The number of carbonyl (C=O) groups excluding carboxylic acids is 2. The zero-order valence-electron chi connectivity index (χ0n) is 18.3. The fourth-order valence-corrected chi connectivity index (χ4v) is 4.56. The minimum Gasteiger partial charge on any atom is -0.503 e. The average molecular weight is 431 g/mol. The van der Waals surface area contributed by atoms with Gasteiger partial charge in [-0.25, -0.2) is 0 Å². The number of rotatable bonds is 9. The Morgan fingerprint density at radius 2 is 1.65 bits per heavy atom. The lowest BCUT2D eigenvalue weighted by molar-refractivity contribution is -0.129.